The van der Waals surface area contributed by atoms with Gasteiger partial charge in [-0.05, 0) is 36.4 Å². The lowest BCUT2D eigenvalue weighted by molar-refractivity contribution is -0.111. The first-order valence-electron chi connectivity index (χ1n) is 7.23. The monoisotopic (exact) mass is 381 g/mol. The molecule has 0 fully saturated rings. The molecule has 5 nitrogen and oxygen atoms in total. The van der Waals surface area contributed by atoms with Crippen molar-refractivity contribution in [3.63, 3.8) is 0 Å². The van der Waals surface area contributed by atoms with Gasteiger partial charge < -0.3 is 19.5 Å². The van der Waals surface area contributed by atoms with Crippen molar-refractivity contribution in [2.75, 3.05) is 26.6 Å². The number of ether oxygens (including phenoxy) is 3. The molecule has 0 spiro atoms. The van der Waals surface area contributed by atoms with Crippen molar-refractivity contribution in [1.29, 1.82) is 0 Å². The highest BCUT2D eigenvalue weighted by molar-refractivity contribution is 6.35. The summed E-state index contributed by atoms with van der Waals surface area (Å²) in [7, 11) is 4.57. The Morgan fingerprint density at radius 3 is 2.36 bits per heavy atom. The fraction of sp³-hybridized carbons (Fsp3) is 0.167. The molecule has 0 bridgehead atoms. The first-order chi connectivity index (χ1) is 12.0. The van der Waals surface area contributed by atoms with Crippen LogP contribution >= 0.6 is 23.2 Å². The lowest BCUT2D eigenvalue weighted by Gasteiger charge is -2.14. The summed E-state index contributed by atoms with van der Waals surface area (Å²) in [5.41, 5.74) is 1.09. The number of benzene rings is 2. The predicted octanol–water partition coefficient (Wildman–Crippen LogP) is 4.67. The van der Waals surface area contributed by atoms with E-state index < -0.39 is 0 Å². The van der Waals surface area contributed by atoms with Crippen molar-refractivity contribution in [1.82, 2.24) is 0 Å². The summed E-state index contributed by atoms with van der Waals surface area (Å²) < 4.78 is 15.9. The summed E-state index contributed by atoms with van der Waals surface area (Å²) in [4.78, 5) is 12.1. The van der Waals surface area contributed by atoms with Crippen LogP contribution in [-0.2, 0) is 4.79 Å². The largest absolute Gasteiger partial charge is 0.493 e. The molecule has 0 aromatic heterocycles. The molecule has 0 aliphatic heterocycles. The molecule has 7 heteroatoms. The molecule has 0 unspecified atom stereocenters. The Morgan fingerprint density at radius 1 is 1.00 bits per heavy atom. The van der Waals surface area contributed by atoms with E-state index in [-0.39, 0.29) is 5.91 Å². The summed E-state index contributed by atoms with van der Waals surface area (Å²) in [6, 6.07) is 8.32. The standard InChI is InChI=1S/C18H17Cl2NO4/c1-23-15-8-4-11(17(24-2)18(15)25-3)5-9-16(22)21-14-10-12(19)6-7-13(14)20/h4-10H,1-3H3,(H,21,22). The number of nitrogens with one attached hydrogen (secondary N) is 1. The maximum absolute atomic E-state index is 12.1. The first kappa shape index (κ1) is 19.0. The zero-order chi connectivity index (χ0) is 18.4. The number of hydrogen-bond donors (Lipinski definition) is 1. The SMILES string of the molecule is COc1ccc(C=CC(=O)Nc2cc(Cl)ccc2Cl)c(OC)c1OC. The molecular formula is C18H17Cl2NO4. The van der Waals surface area contributed by atoms with Gasteiger partial charge in [0.1, 0.15) is 0 Å². The Labute approximate surface area is 156 Å². The molecule has 1 N–H and O–H groups in total. The molecule has 0 aliphatic carbocycles. The summed E-state index contributed by atoms with van der Waals surface area (Å²) in [6.45, 7) is 0. The van der Waals surface area contributed by atoms with Gasteiger partial charge in [0, 0.05) is 16.7 Å². The van der Waals surface area contributed by atoms with E-state index in [9.17, 15) is 4.79 Å². The molecule has 0 aliphatic rings. The van der Waals surface area contributed by atoms with Gasteiger partial charge in [0.25, 0.3) is 0 Å². The summed E-state index contributed by atoms with van der Waals surface area (Å²) in [6.07, 6.45) is 2.97. The zero-order valence-electron chi connectivity index (χ0n) is 13.9. The molecule has 25 heavy (non-hydrogen) atoms. The van der Waals surface area contributed by atoms with Crippen LogP contribution in [0.4, 0.5) is 5.69 Å². The third kappa shape index (κ3) is 4.59. The molecule has 2 aromatic carbocycles. The maximum atomic E-state index is 12.1. The van der Waals surface area contributed by atoms with Crippen molar-refractivity contribution in [3.05, 3.63) is 52.0 Å². The fourth-order valence-electron chi connectivity index (χ4n) is 2.19. The second-order valence-corrected chi connectivity index (χ2v) is 5.71. The van der Waals surface area contributed by atoms with Gasteiger partial charge >= 0.3 is 0 Å². The Bertz CT molecular complexity index is 806. The first-order valence-corrected chi connectivity index (χ1v) is 7.98. The van der Waals surface area contributed by atoms with Crippen molar-refractivity contribution in [2.24, 2.45) is 0 Å². The summed E-state index contributed by atoms with van der Waals surface area (Å²) in [5.74, 6) is 1.09. The Balaban J connectivity index is 2.23. The van der Waals surface area contributed by atoms with Gasteiger partial charge in [-0.2, -0.15) is 0 Å². The highest BCUT2D eigenvalue weighted by atomic mass is 35.5. The fourth-order valence-corrected chi connectivity index (χ4v) is 2.53. The van der Waals surface area contributed by atoms with Crippen LogP contribution in [-0.4, -0.2) is 27.2 Å². The Kier molecular flexibility index (Phi) is 6.56. The lowest BCUT2D eigenvalue weighted by Crippen LogP contribution is -2.08. The van der Waals surface area contributed by atoms with Crippen LogP contribution in [0.2, 0.25) is 10.0 Å². The average molecular weight is 382 g/mol. The third-order valence-electron chi connectivity index (χ3n) is 3.34. The van der Waals surface area contributed by atoms with E-state index in [1.54, 1.807) is 36.4 Å². The number of carbonyl (C=O) groups is 1. The van der Waals surface area contributed by atoms with Crippen molar-refractivity contribution in [2.45, 2.75) is 0 Å². The number of carbonyl (C=O) groups excluding carboxylic acids is 1. The van der Waals surface area contributed by atoms with Gasteiger partial charge in [0.2, 0.25) is 11.7 Å². The van der Waals surface area contributed by atoms with E-state index in [1.807, 2.05) is 0 Å². The normalized spacial score (nSPS) is 10.6. The van der Waals surface area contributed by atoms with E-state index in [2.05, 4.69) is 5.32 Å². The van der Waals surface area contributed by atoms with Crippen LogP contribution in [0.5, 0.6) is 17.2 Å². The quantitative estimate of drug-likeness (QED) is 0.738. The molecule has 0 atom stereocenters. The van der Waals surface area contributed by atoms with Crippen molar-refractivity contribution >= 4 is 40.9 Å². The minimum absolute atomic E-state index is 0.360. The van der Waals surface area contributed by atoms with Gasteiger partial charge in [0.15, 0.2) is 11.5 Å². The third-order valence-corrected chi connectivity index (χ3v) is 3.90. The smallest absolute Gasteiger partial charge is 0.248 e. The van der Waals surface area contributed by atoms with E-state index in [0.717, 1.165) is 0 Å². The van der Waals surface area contributed by atoms with E-state index in [4.69, 9.17) is 37.4 Å². The Hall–Kier alpha value is -2.37. The van der Waals surface area contributed by atoms with Gasteiger partial charge in [-0.1, -0.05) is 23.2 Å². The number of anilines is 1. The second-order valence-electron chi connectivity index (χ2n) is 4.87. The number of hydrogen-bond acceptors (Lipinski definition) is 4. The van der Waals surface area contributed by atoms with Gasteiger partial charge in [-0.15, -0.1) is 0 Å². The molecule has 132 valence electrons. The highest BCUT2D eigenvalue weighted by Crippen LogP contribution is 2.40. The van der Waals surface area contributed by atoms with Crippen LogP contribution in [0.15, 0.2) is 36.4 Å². The van der Waals surface area contributed by atoms with E-state index >= 15 is 0 Å². The van der Waals surface area contributed by atoms with Gasteiger partial charge in [-0.25, -0.2) is 0 Å². The van der Waals surface area contributed by atoms with Crippen LogP contribution in [0.1, 0.15) is 5.56 Å². The van der Waals surface area contributed by atoms with E-state index in [1.165, 1.54) is 27.4 Å². The Morgan fingerprint density at radius 2 is 1.72 bits per heavy atom. The molecule has 0 heterocycles. The topological polar surface area (TPSA) is 56.8 Å². The molecule has 2 aromatic rings. The lowest BCUT2D eigenvalue weighted by atomic mass is 10.1. The molecule has 0 saturated carbocycles. The van der Waals surface area contributed by atoms with Crippen LogP contribution in [0.3, 0.4) is 0 Å². The molecule has 0 radical (unpaired) electrons. The highest BCUT2D eigenvalue weighted by Gasteiger charge is 2.14. The van der Waals surface area contributed by atoms with Gasteiger partial charge in [0.05, 0.1) is 32.0 Å². The van der Waals surface area contributed by atoms with Crippen LogP contribution in [0.25, 0.3) is 6.08 Å². The number of halogens is 2. The summed E-state index contributed by atoms with van der Waals surface area (Å²) in [5, 5.41) is 3.55. The minimum atomic E-state index is -0.360. The van der Waals surface area contributed by atoms with Crippen LogP contribution in [0, 0.1) is 0 Å². The van der Waals surface area contributed by atoms with Crippen molar-refractivity contribution < 1.29 is 19.0 Å². The van der Waals surface area contributed by atoms with E-state index in [0.29, 0.717) is 38.5 Å². The molecule has 2 rings (SSSR count). The average Bonchev–Trinajstić information content (AvgIpc) is 2.61. The van der Waals surface area contributed by atoms with Gasteiger partial charge in [-0.3, -0.25) is 4.79 Å². The second kappa shape index (κ2) is 8.65. The molecule has 0 saturated heterocycles. The zero-order valence-corrected chi connectivity index (χ0v) is 15.4. The predicted molar refractivity (Wildman–Crippen MR) is 100 cm³/mol. The van der Waals surface area contributed by atoms with Crippen LogP contribution < -0.4 is 19.5 Å². The van der Waals surface area contributed by atoms with Crippen molar-refractivity contribution in [3.8, 4) is 17.2 Å². The summed E-state index contributed by atoms with van der Waals surface area (Å²) >= 11 is 11.9. The maximum Gasteiger partial charge on any atom is 0.248 e. The molecular weight excluding hydrogens is 365 g/mol. The number of methoxy groups -OCH3 is 3. The molecule has 1 amide bonds. The number of rotatable bonds is 6. The number of amides is 1. The minimum Gasteiger partial charge on any atom is -0.493 e.